The predicted octanol–water partition coefficient (Wildman–Crippen LogP) is 5.92. The van der Waals surface area contributed by atoms with E-state index in [2.05, 4.69) is 30.0 Å². The van der Waals surface area contributed by atoms with Gasteiger partial charge >= 0.3 is 6.03 Å². The minimum Gasteiger partial charge on any atom is -0.508 e. The average molecular weight is 496 g/mol. The van der Waals surface area contributed by atoms with Crippen LogP contribution in [0.4, 0.5) is 4.79 Å². The van der Waals surface area contributed by atoms with E-state index in [0.717, 1.165) is 12.2 Å². The van der Waals surface area contributed by atoms with Crippen LogP contribution in [0.5, 0.6) is 11.5 Å². The van der Waals surface area contributed by atoms with Crippen molar-refractivity contribution >= 4 is 23.7 Å². The molecule has 3 amide bonds. The maximum Gasteiger partial charge on any atom is 0.333 e. The zero-order valence-electron chi connectivity index (χ0n) is 21.1. The molecule has 1 atom stereocenters. The van der Waals surface area contributed by atoms with Crippen molar-refractivity contribution < 1.29 is 19.4 Å². The van der Waals surface area contributed by atoms with Crippen LogP contribution in [0.15, 0.2) is 24.3 Å². The molecule has 1 rings (SSSR count). The maximum atomic E-state index is 11.8. The largest absolute Gasteiger partial charge is 0.508 e. The number of hydrazine groups is 1. The van der Waals surface area contributed by atoms with E-state index in [9.17, 15) is 14.7 Å². The lowest BCUT2D eigenvalue weighted by atomic mass is 10.1. The fraction of sp³-hybridized carbons (Fsp3) is 0.692. The summed E-state index contributed by atoms with van der Waals surface area (Å²) in [6.45, 7) is 4.84. The summed E-state index contributed by atoms with van der Waals surface area (Å²) in [5.74, 6) is 1.12. The molecule has 0 aliphatic rings. The van der Waals surface area contributed by atoms with Crippen molar-refractivity contribution in [1.29, 1.82) is 0 Å². The molecule has 0 aromatic heterocycles. The molecule has 8 heteroatoms. The summed E-state index contributed by atoms with van der Waals surface area (Å²) < 4.78 is 5.27. The fourth-order valence-corrected chi connectivity index (χ4v) is 4.72. The Morgan fingerprint density at radius 3 is 2.21 bits per heavy atom. The molecule has 0 aliphatic carbocycles. The highest BCUT2D eigenvalue weighted by molar-refractivity contribution is 7.99. The Bertz CT molecular complexity index is 658. The van der Waals surface area contributed by atoms with Gasteiger partial charge in [-0.1, -0.05) is 71.6 Å². The topological polar surface area (TPSA) is 99.7 Å². The van der Waals surface area contributed by atoms with E-state index >= 15 is 0 Å². The van der Waals surface area contributed by atoms with Gasteiger partial charge in [-0.25, -0.2) is 10.2 Å². The Morgan fingerprint density at radius 2 is 1.56 bits per heavy atom. The molecule has 1 aromatic rings. The zero-order chi connectivity index (χ0) is 24.9. The van der Waals surface area contributed by atoms with Gasteiger partial charge in [-0.2, -0.15) is 11.8 Å². The number of hydrogen-bond acceptors (Lipinski definition) is 5. The molecule has 34 heavy (non-hydrogen) atoms. The van der Waals surface area contributed by atoms with Crippen LogP contribution in [-0.2, 0) is 4.79 Å². The standard InChI is InChI=1S/C26H45N3O4S/c1-3-5-6-7-8-9-10-11-12-14-24(4-2)34-20-13-19-27-26(32)29-28-25(31)21-33-23-17-15-22(30)16-18-23/h15-18,24,30H,3-14,19-21H2,1-2H3,(H,28,31)(H2,27,29,32). The second-order valence-corrected chi connectivity index (χ2v) is 9.99. The van der Waals surface area contributed by atoms with Crippen LogP contribution in [0.1, 0.15) is 90.9 Å². The molecule has 194 valence electrons. The van der Waals surface area contributed by atoms with Crippen molar-refractivity contribution in [3.8, 4) is 11.5 Å². The molecule has 0 fully saturated rings. The highest BCUT2D eigenvalue weighted by Gasteiger charge is 2.08. The maximum absolute atomic E-state index is 11.8. The van der Waals surface area contributed by atoms with E-state index in [0.29, 0.717) is 17.5 Å². The van der Waals surface area contributed by atoms with Crippen molar-refractivity contribution in [2.45, 2.75) is 96.1 Å². The lowest BCUT2D eigenvalue weighted by Gasteiger charge is -2.14. The lowest BCUT2D eigenvalue weighted by Crippen LogP contribution is -2.48. The monoisotopic (exact) mass is 495 g/mol. The Morgan fingerprint density at radius 1 is 0.912 bits per heavy atom. The fourth-order valence-electron chi connectivity index (χ4n) is 3.51. The number of carbonyl (C=O) groups excluding carboxylic acids is 2. The number of amides is 3. The second kappa shape index (κ2) is 20.3. The van der Waals surface area contributed by atoms with Gasteiger partial charge in [-0.3, -0.25) is 10.2 Å². The average Bonchev–Trinajstić information content (AvgIpc) is 2.84. The number of benzene rings is 1. The first-order valence-corrected chi connectivity index (χ1v) is 14.0. The van der Waals surface area contributed by atoms with Crippen LogP contribution in [-0.4, -0.2) is 41.2 Å². The number of hydrogen-bond donors (Lipinski definition) is 4. The number of rotatable bonds is 19. The van der Waals surface area contributed by atoms with E-state index in [1.165, 1.54) is 82.8 Å². The summed E-state index contributed by atoms with van der Waals surface area (Å²) in [6, 6.07) is 5.61. The van der Waals surface area contributed by atoms with Crippen LogP contribution in [0.3, 0.4) is 0 Å². The molecule has 1 unspecified atom stereocenters. The van der Waals surface area contributed by atoms with Crippen molar-refractivity contribution in [2.75, 3.05) is 18.9 Å². The van der Waals surface area contributed by atoms with Crippen molar-refractivity contribution in [2.24, 2.45) is 0 Å². The highest BCUT2D eigenvalue weighted by Crippen LogP contribution is 2.22. The summed E-state index contributed by atoms with van der Waals surface area (Å²) in [7, 11) is 0. The Balaban J connectivity index is 1.97. The first-order valence-electron chi connectivity index (χ1n) is 12.9. The number of phenolic OH excluding ortho intramolecular Hbond substituents is 1. The van der Waals surface area contributed by atoms with Gasteiger partial charge < -0.3 is 15.2 Å². The number of urea groups is 1. The van der Waals surface area contributed by atoms with Gasteiger partial charge in [0.1, 0.15) is 11.5 Å². The van der Waals surface area contributed by atoms with Crippen LogP contribution < -0.4 is 20.9 Å². The molecule has 0 saturated carbocycles. The lowest BCUT2D eigenvalue weighted by molar-refractivity contribution is -0.123. The number of unbranched alkanes of at least 4 members (excludes halogenated alkanes) is 8. The minimum absolute atomic E-state index is 0.123. The third-order valence-electron chi connectivity index (χ3n) is 5.57. The first kappa shape index (κ1) is 29.9. The minimum atomic E-state index is -0.471. The van der Waals surface area contributed by atoms with E-state index in [1.54, 1.807) is 12.1 Å². The normalized spacial score (nSPS) is 11.6. The summed E-state index contributed by atoms with van der Waals surface area (Å²) >= 11 is 2.00. The summed E-state index contributed by atoms with van der Waals surface area (Å²) in [5, 5.41) is 12.7. The van der Waals surface area contributed by atoms with Gasteiger partial charge in [-0.05, 0) is 49.3 Å². The molecule has 7 nitrogen and oxygen atoms in total. The molecular formula is C26H45N3O4S. The van der Waals surface area contributed by atoms with E-state index in [1.807, 2.05) is 11.8 Å². The van der Waals surface area contributed by atoms with Gasteiger partial charge in [0.2, 0.25) is 0 Å². The van der Waals surface area contributed by atoms with Crippen molar-refractivity contribution in [3.05, 3.63) is 24.3 Å². The number of thioether (sulfide) groups is 1. The quantitative estimate of drug-likeness (QED) is 0.141. The summed E-state index contributed by atoms with van der Waals surface area (Å²) in [5.41, 5.74) is 4.62. The molecule has 4 N–H and O–H groups in total. The molecule has 0 radical (unpaired) electrons. The van der Waals surface area contributed by atoms with E-state index in [-0.39, 0.29) is 12.4 Å². The molecule has 0 bridgehead atoms. The van der Waals surface area contributed by atoms with E-state index < -0.39 is 11.9 Å². The molecule has 0 saturated heterocycles. The van der Waals surface area contributed by atoms with Gasteiger partial charge in [-0.15, -0.1) is 0 Å². The smallest absolute Gasteiger partial charge is 0.333 e. The SMILES string of the molecule is CCCCCCCCCCCC(CC)SCCCNC(=O)NNC(=O)COc1ccc(O)cc1. The Labute approximate surface area is 210 Å². The Kier molecular flexibility index (Phi) is 17.9. The van der Waals surface area contributed by atoms with Gasteiger partial charge in [0.15, 0.2) is 6.61 Å². The predicted molar refractivity (Wildman–Crippen MR) is 141 cm³/mol. The zero-order valence-corrected chi connectivity index (χ0v) is 21.9. The van der Waals surface area contributed by atoms with Crippen molar-refractivity contribution in [1.82, 2.24) is 16.2 Å². The number of nitrogens with one attached hydrogen (secondary N) is 3. The number of ether oxygens (including phenoxy) is 1. The number of phenols is 1. The molecule has 0 spiro atoms. The third-order valence-corrected chi connectivity index (χ3v) is 7.13. The number of carbonyl (C=O) groups is 2. The van der Waals surface area contributed by atoms with Crippen molar-refractivity contribution in [3.63, 3.8) is 0 Å². The number of aromatic hydroxyl groups is 1. The molecular weight excluding hydrogens is 450 g/mol. The molecule has 0 heterocycles. The summed E-state index contributed by atoms with van der Waals surface area (Å²) in [4.78, 5) is 23.5. The highest BCUT2D eigenvalue weighted by atomic mass is 32.2. The van der Waals surface area contributed by atoms with Gasteiger partial charge in [0.25, 0.3) is 5.91 Å². The Hall–Kier alpha value is -2.09. The van der Waals surface area contributed by atoms with Gasteiger partial charge in [0.05, 0.1) is 0 Å². The third kappa shape index (κ3) is 16.5. The van der Waals surface area contributed by atoms with Crippen LogP contribution in [0.2, 0.25) is 0 Å². The van der Waals surface area contributed by atoms with Crippen LogP contribution in [0, 0.1) is 0 Å². The second-order valence-electron chi connectivity index (χ2n) is 8.58. The molecule has 1 aromatic carbocycles. The van der Waals surface area contributed by atoms with E-state index in [4.69, 9.17) is 4.74 Å². The molecule has 0 aliphatic heterocycles. The van der Waals surface area contributed by atoms with Gasteiger partial charge in [0, 0.05) is 11.8 Å². The van der Waals surface area contributed by atoms with Crippen LogP contribution >= 0.6 is 11.8 Å². The van der Waals surface area contributed by atoms with Crippen LogP contribution in [0.25, 0.3) is 0 Å². The first-order chi connectivity index (χ1) is 16.5. The summed E-state index contributed by atoms with van der Waals surface area (Å²) in [6.07, 6.45) is 15.7.